The second-order valence-corrected chi connectivity index (χ2v) is 6.84. The van der Waals surface area contributed by atoms with Crippen LogP contribution < -0.4 is 14.8 Å². The summed E-state index contributed by atoms with van der Waals surface area (Å²) in [5.41, 5.74) is 1.42. The number of hydrogen-bond acceptors (Lipinski definition) is 4. The quantitative estimate of drug-likeness (QED) is 0.419. The van der Waals surface area contributed by atoms with Crippen molar-refractivity contribution in [2.75, 3.05) is 13.7 Å². The van der Waals surface area contributed by atoms with Gasteiger partial charge in [-0.25, -0.2) is 0 Å². The molecule has 0 unspecified atom stereocenters. The fourth-order valence-electron chi connectivity index (χ4n) is 2.41. The Bertz CT molecular complexity index is 878. The third-order valence-electron chi connectivity index (χ3n) is 3.92. The van der Waals surface area contributed by atoms with Crippen LogP contribution in [0.4, 0.5) is 0 Å². The molecule has 0 aliphatic heterocycles. The molecule has 154 valence electrons. The van der Waals surface area contributed by atoms with Crippen LogP contribution in [0.5, 0.6) is 11.5 Å². The molecule has 6 nitrogen and oxygen atoms in total. The monoisotopic (exact) mass is 437 g/mol. The van der Waals surface area contributed by atoms with Gasteiger partial charge in [0.05, 0.1) is 7.11 Å². The van der Waals surface area contributed by atoms with Gasteiger partial charge in [0.25, 0.3) is 0 Å². The molecule has 0 atom stereocenters. The summed E-state index contributed by atoms with van der Waals surface area (Å²) in [4.78, 5) is 22.2. The molecule has 0 radical (unpaired) electrons. The molecular formula is C21H21Cl2NO5. The highest BCUT2D eigenvalue weighted by Crippen LogP contribution is 2.31. The number of carbonyl (C=O) groups excluding carboxylic acids is 1. The van der Waals surface area contributed by atoms with Gasteiger partial charge < -0.3 is 19.9 Å². The Labute approximate surface area is 179 Å². The predicted octanol–water partition coefficient (Wildman–Crippen LogP) is 4.58. The van der Waals surface area contributed by atoms with Gasteiger partial charge in [0.1, 0.15) is 6.61 Å². The summed E-state index contributed by atoms with van der Waals surface area (Å²) in [5.74, 6) is -0.181. The van der Waals surface area contributed by atoms with E-state index >= 15 is 0 Å². The summed E-state index contributed by atoms with van der Waals surface area (Å²) in [5, 5.41) is 12.2. The second-order valence-electron chi connectivity index (χ2n) is 6.02. The van der Waals surface area contributed by atoms with Crippen LogP contribution >= 0.6 is 23.2 Å². The number of carboxylic acid groups (broad SMARTS) is 1. The Morgan fingerprint density at radius 3 is 2.52 bits per heavy atom. The van der Waals surface area contributed by atoms with Crippen LogP contribution in [-0.2, 0) is 16.2 Å². The summed E-state index contributed by atoms with van der Waals surface area (Å²) < 4.78 is 11.2. The first-order chi connectivity index (χ1) is 13.9. The van der Waals surface area contributed by atoms with Gasteiger partial charge in [0, 0.05) is 34.7 Å². The average molecular weight is 438 g/mol. The molecule has 0 spiro atoms. The third-order valence-corrected chi connectivity index (χ3v) is 4.62. The molecule has 0 aliphatic rings. The van der Waals surface area contributed by atoms with E-state index in [1.807, 2.05) is 0 Å². The molecule has 0 saturated carbocycles. The van der Waals surface area contributed by atoms with Crippen molar-refractivity contribution in [1.82, 2.24) is 5.32 Å². The molecule has 2 N–H and O–H groups in total. The summed E-state index contributed by atoms with van der Waals surface area (Å²) in [6, 6.07) is 10.5. The van der Waals surface area contributed by atoms with E-state index in [1.54, 1.807) is 42.5 Å². The van der Waals surface area contributed by atoms with Crippen LogP contribution in [0.15, 0.2) is 42.5 Å². The number of methoxy groups -OCH3 is 1. The smallest absolute Gasteiger partial charge is 0.303 e. The van der Waals surface area contributed by atoms with Gasteiger partial charge in [-0.15, -0.1) is 0 Å². The van der Waals surface area contributed by atoms with Gasteiger partial charge in [0.15, 0.2) is 11.5 Å². The van der Waals surface area contributed by atoms with Gasteiger partial charge in [-0.1, -0.05) is 35.3 Å². The number of rotatable bonds is 10. The maximum Gasteiger partial charge on any atom is 0.303 e. The molecule has 2 aromatic rings. The number of hydrogen-bond donors (Lipinski definition) is 2. The van der Waals surface area contributed by atoms with Crippen molar-refractivity contribution >= 4 is 41.2 Å². The number of benzene rings is 2. The van der Waals surface area contributed by atoms with Gasteiger partial charge in [-0.2, -0.15) is 0 Å². The molecule has 2 rings (SSSR count). The van der Waals surface area contributed by atoms with E-state index in [0.29, 0.717) is 40.1 Å². The normalized spacial score (nSPS) is 10.7. The summed E-state index contributed by atoms with van der Waals surface area (Å²) in [6.45, 7) is 0.485. The van der Waals surface area contributed by atoms with Crippen LogP contribution in [0.1, 0.15) is 24.0 Å². The van der Waals surface area contributed by atoms with Crippen molar-refractivity contribution in [3.05, 3.63) is 63.6 Å². The predicted molar refractivity (Wildman–Crippen MR) is 113 cm³/mol. The van der Waals surface area contributed by atoms with Crippen molar-refractivity contribution in [3.8, 4) is 11.5 Å². The molecule has 0 aromatic heterocycles. The highest BCUT2D eigenvalue weighted by Gasteiger charge is 2.10. The fourth-order valence-corrected chi connectivity index (χ4v) is 2.92. The minimum atomic E-state index is -0.888. The van der Waals surface area contributed by atoms with E-state index in [9.17, 15) is 9.59 Å². The van der Waals surface area contributed by atoms with E-state index in [0.717, 1.165) is 5.56 Å². The number of aliphatic carboxylic acids is 1. The Morgan fingerprint density at radius 2 is 1.86 bits per heavy atom. The molecular weight excluding hydrogens is 417 g/mol. The lowest BCUT2D eigenvalue weighted by molar-refractivity contribution is -0.137. The number of halogens is 2. The molecule has 0 bridgehead atoms. The Kier molecular flexibility index (Phi) is 8.83. The van der Waals surface area contributed by atoms with Crippen LogP contribution in [0, 0.1) is 0 Å². The third kappa shape index (κ3) is 7.33. The highest BCUT2D eigenvalue weighted by molar-refractivity contribution is 6.35. The molecule has 1 amide bonds. The fraction of sp³-hybridized carbons (Fsp3) is 0.238. The maximum absolute atomic E-state index is 11.8. The number of nitrogens with one attached hydrogen (secondary N) is 1. The van der Waals surface area contributed by atoms with Gasteiger partial charge in [-0.3, -0.25) is 9.59 Å². The zero-order valence-electron chi connectivity index (χ0n) is 15.8. The van der Waals surface area contributed by atoms with E-state index in [4.69, 9.17) is 37.8 Å². The largest absolute Gasteiger partial charge is 0.493 e. The first-order valence-electron chi connectivity index (χ1n) is 8.82. The minimum Gasteiger partial charge on any atom is -0.493 e. The lowest BCUT2D eigenvalue weighted by Gasteiger charge is -2.13. The van der Waals surface area contributed by atoms with Gasteiger partial charge >= 0.3 is 5.97 Å². The minimum absolute atomic E-state index is 0.0159. The topological polar surface area (TPSA) is 84.9 Å². The second kappa shape index (κ2) is 11.3. The van der Waals surface area contributed by atoms with Crippen molar-refractivity contribution in [1.29, 1.82) is 0 Å². The van der Waals surface area contributed by atoms with Crippen molar-refractivity contribution in [3.63, 3.8) is 0 Å². The molecule has 0 fully saturated rings. The molecule has 29 heavy (non-hydrogen) atoms. The van der Waals surface area contributed by atoms with E-state index in [1.165, 1.54) is 13.2 Å². The van der Waals surface area contributed by atoms with E-state index < -0.39 is 5.97 Å². The van der Waals surface area contributed by atoms with Crippen LogP contribution in [0.2, 0.25) is 10.0 Å². The van der Waals surface area contributed by atoms with Crippen molar-refractivity contribution in [2.24, 2.45) is 0 Å². The SMILES string of the molecule is COc1cc(/C=C/C(=O)NCCCC(=O)O)ccc1OCc1c(Cl)cccc1Cl. The number of carbonyl (C=O) groups is 2. The van der Waals surface area contributed by atoms with Gasteiger partial charge in [0.2, 0.25) is 5.91 Å². The summed E-state index contributed by atoms with van der Waals surface area (Å²) in [7, 11) is 1.52. The molecule has 0 aliphatic carbocycles. The highest BCUT2D eigenvalue weighted by atomic mass is 35.5. The van der Waals surface area contributed by atoms with Crippen molar-refractivity contribution in [2.45, 2.75) is 19.4 Å². The molecule has 2 aromatic carbocycles. The van der Waals surface area contributed by atoms with Crippen molar-refractivity contribution < 1.29 is 24.2 Å². The van der Waals surface area contributed by atoms with Crippen LogP contribution in [0.3, 0.4) is 0 Å². The zero-order chi connectivity index (χ0) is 21.2. The lowest BCUT2D eigenvalue weighted by atomic mass is 10.2. The average Bonchev–Trinajstić information content (AvgIpc) is 2.69. The first kappa shape index (κ1) is 22.6. The molecule has 8 heteroatoms. The molecule has 0 saturated heterocycles. The number of ether oxygens (including phenoxy) is 2. The number of amides is 1. The van der Waals surface area contributed by atoms with Gasteiger partial charge in [-0.05, 0) is 42.3 Å². The Morgan fingerprint density at radius 1 is 1.14 bits per heavy atom. The zero-order valence-corrected chi connectivity index (χ0v) is 17.3. The van der Waals surface area contributed by atoms with Crippen LogP contribution in [0.25, 0.3) is 6.08 Å². The number of carboxylic acids is 1. The maximum atomic E-state index is 11.8. The Balaban J connectivity index is 1.97. The van der Waals surface area contributed by atoms with E-state index in [-0.39, 0.29) is 18.9 Å². The standard InChI is InChI=1S/C21H21Cl2NO5/c1-28-19-12-14(8-10-20(25)24-11-3-6-21(26)27)7-9-18(19)29-13-15-16(22)4-2-5-17(15)23/h2,4-5,7-10,12H,3,6,11,13H2,1H3,(H,24,25)(H,26,27)/b10-8+. The van der Waals surface area contributed by atoms with Crippen LogP contribution in [-0.4, -0.2) is 30.6 Å². The Hall–Kier alpha value is -2.70. The summed E-state index contributed by atoms with van der Waals surface area (Å²) in [6.07, 6.45) is 3.40. The lowest BCUT2D eigenvalue weighted by Crippen LogP contribution is -2.22. The summed E-state index contributed by atoms with van der Waals surface area (Å²) >= 11 is 12.3. The van der Waals surface area contributed by atoms with E-state index in [2.05, 4.69) is 5.32 Å². The molecule has 0 heterocycles. The first-order valence-corrected chi connectivity index (χ1v) is 9.57.